The van der Waals surface area contributed by atoms with Crippen LogP contribution in [0.3, 0.4) is 0 Å². The first-order chi connectivity index (χ1) is 7.91. The van der Waals surface area contributed by atoms with Gasteiger partial charge in [-0.05, 0) is 19.2 Å². The van der Waals surface area contributed by atoms with Gasteiger partial charge in [0.2, 0.25) is 0 Å². The van der Waals surface area contributed by atoms with Crippen LogP contribution in [0.5, 0.6) is 11.5 Å². The summed E-state index contributed by atoms with van der Waals surface area (Å²) in [6.45, 7) is 0.754. The molecule has 0 saturated heterocycles. The molecule has 0 unspecified atom stereocenters. The summed E-state index contributed by atoms with van der Waals surface area (Å²) in [4.78, 5) is 1.78. The van der Waals surface area contributed by atoms with Gasteiger partial charge in [0.1, 0.15) is 6.73 Å². The number of benzene rings is 1. The lowest BCUT2D eigenvalue weighted by Gasteiger charge is -2.27. The number of hydrogen-bond acceptors (Lipinski definition) is 3. The summed E-state index contributed by atoms with van der Waals surface area (Å²) >= 11 is 0. The van der Waals surface area contributed by atoms with Crippen molar-refractivity contribution in [2.45, 2.75) is 12.7 Å². The van der Waals surface area contributed by atoms with Crippen LogP contribution in [-0.2, 0) is 12.7 Å². The van der Waals surface area contributed by atoms with Crippen molar-refractivity contribution in [3.05, 3.63) is 23.3 Å². The van der Waals surface area contributed by atoms with E-state index in [0.29, 0.717) is 24.6 Å². The first kappa shape index (κ1) is 12.0. The summed E-state index contributed by atoms with van der Waals surface area (Å²) in [6.07, 6.45) is -4.38. The fourth-order valence-electron chi connectivity index (χ4n) is 1.77. The Kier molecular flexibility index (Phi) is 2.91. The molecule has 94 valence electrons. The fraction of sp³-hybridized carbons (Fsp3) is 0.455. The second-order valence-corrected chi connectivity index (χ2v) is 3.95. The van der Waals surface area contributed by atoms with Crippen molar-refractivity contribution in [3.8, 4) is 11.5 Å². The van der Waals surface area contributed by atoms with Crippen LogP contribution in [0.2, 0.25) is 0 Å². The molecule has 0 atom stereocenters. The van der Waals surface area contributed by atoms with Crippen LogP contribution in [0.25, 0.3) is 0 Å². The van der Waals surface area contributed by atoms with Crippen molar-refractivity contribution in [2.24, 2.45) is 0 Å². The summed E-state index contributed by atoms with van der Waals surface area (Å²) in [5, 5.41) is 0. The molecule has 1 aromatic rings. The van der Waals surface area contributed by atoms with Crippen molar-refractivity contribution in [2.75, 3.05) is 20.9 Å². The number of halogens is 3. The summed E-state index contributed by atoms with van der Waals surface area (Å²) in [5.74, 6) is 0.529. The van der Waals surface area contributed by atoms with Gasteiger partial charge < -0.3 is 9.47 Å². The minimum Gasteiger partial charge on any atom is -0.493 e. The standard InChI is InChI=1S/C11H12F3NO2/c1-15-5-7-3-8(11(12,13)14)4-9(16-2)10(7)17-6-15/h3-4H,5-6H2,1-2H3. The van der Waals surface area contributed by atoms with Gasteiger partial charge in [-0.3, -0.25) is 4.90 Å². The van der Waals surface area contributed by atoms with E-state index < -0.39 is 11.7 Å². The average molecular weight is 247 g/mol. The molecule has 0 radical (unpaired) electrons. The quantitative estimate of drug-likeness (QED) is 0.761. The van der Waals surface area contributed by atoms with Crippen molar-refractivity contribution in [1.29, 1.82) is 0 Å². The molecule has 1 aliphatic rings. The van der Waals surface area contributed by atoms with Gasteiger partial charge >= 0.3 is 6.18 Å². The lowest BCUT2D eigenvalue weighted by molar-refractivity contribution is -0.137. The van der Waals surface area contributed by atoms with Gasteiger partial charge in [-0.15, -0.1) is 0 Å². The van der Waals surface area contributed by atoms with Crippen molar-refractivity contribution < 1.29 is 22.6 Å². The molecule has 0 bridgehead atoms. The molecule has 6 heteroatoms. The highest BCUT2D eigenvalue weighted by atomic mass is 19.4. The molecule has 0 N–H and O–H groups in total. The maximum absolute atomic E-state index is 12.7. The summed E-state index contributed by atoms with van der Waals surface area (Å²) in [5.41, 5.74) is -0.225. The van der Waals surface area contributed by atoms with Crippen molar-refractivity contribution in [1.82, 2.24) is 4.90 Å². The van der Waals surface area contributed by atoms with Crippen LogP contribution in [0.15, 0.2) is 12.1 Å². The number of hydrogen-bond donors (Lipinski definition) is 0. The van der Waals surface area contributed by atoms with Gasteiger partial charge in [-0.25, -0.2) is 0 Å². The van der Waals surface area contributed by atoms with Gasteiger partial charge in [0.15, 0.2) is 11.5 Å². The molecule has 0 spiro atoms. The molecule has 1 aliphatic heterocycles. The lowest BCUT2D eigenvalue weighted by atomic mass is 10.1. The van der Waals surface area contributed by atoms with Gasteiger partial charge in [-0.2, -0.15) is 13.2 Å². The van der Waals surface area contributed by atoms with E-state index in [1.807, 2.05) is 0 Å². The Hall–Kier alpha value is -1.43. The van der Waals surface area contributed by atoms with Gasteiger partial charge in [0, 0.05) is 12.1 Å². The molecule has 0 fully saturated rings. The van der Waals surface area contributed by atoms with Crippen LogP contribution < -0.4 is 9.47 Å². The topological polar surface area (TPSA) is 21.7 Å². The predicted octanol–water partition coefficient (Wildman–Crippen LogP) is 2.50. The highest BCUT2D eigenvalue weighted by Gasteiger charge is 2.33. The molecular formula is C11H12F3NO2. The summed E-state index contributed by atoms with van der Waals surface area (Å²) in [6, 6.07) is 2.07. The zero-order valence-corrected chi connectivity index (χ0v) is 9.47. The first-order valence-corrected chi connectivity index (χ1v) is 5.01. The maximum Gasteiger partial charge on any atom is 0.416 e. The number of methoxy groups -OCH3 is 1. The Morgan fingerprint density at radius 2 is 2.06 bits per heavy atom. The van der Waals surface area contributed by atoms with Gasteiger partial charge in [0.25, 0.3) is 0 Å². The Labute approximate surface area is 96.7 Å². The average Bonchev–Trinajstić information content (AvgIpc) is 2.25. The smallest absolute Gasteiger partial charge is 0.416 e. The predicted molar refractivity (Wildman–Crippen MR) is 55.0 cm³/mol. The van der Waals surface area contributed by atoms with E-state index >= 15 is 0 Å². The molecular weight excluding hydrogens is 235 g/mol. The number of ether oxygens (including phenoxy) is 2. The van der Waals surface area contributed by atoms with Gasteiger partial charge in [0.05, 0.1) is 12.7 Å². The highest BCUT2D eigenvalue weighted by molar-refractivity contribution is 5.50. The zero-order chi connectivity index (χ0) is 12.6. The largest absolute Gasteiger partial charge is 0.493 e. The van der Waals surface area contributed by atoms with Crippen molar-refractivity contribution >= 4 is 0 Å². The van der Waals surface area contributed by atoms with E-state index in [0.717, 1.165) is 12.1 Å². The minimum atomic E-state index is -4.38. The van der Waals surface area contributed by atoms with Crippen LogP contribution in [-0.4, -0.2) is 25.8 Å². The molecule has 1 heterocycles. The van der Waals surface area contributed by atoms with Crippen LogP contribution in [0, 0.1) is 0 Å². The second-order valence-electron chi connectivity index (χ2n) is 3.95. The van der Waals surface area contributed by atoms with E-state index in [2.05, 4.69) is 0 Å². The van der Waals surface area contributed by atoms with E-state index in [1.54, 1.807) is 11.9 Å². The third-order valence-electron chi connectivity index (χ3n) is 2.55. The fourth-order valence-corrected chi connectivity index (χ4v) is 1.77. The summed E-state index contributed by atoms with van der Waals surface area (Å²) in [7, 11) is 3.10. The Morgan fingerprint density at radius 1 is 1.35 bits per heavy atom. The van der Waals surface area contributed by atoms with Crippen LogP contribution in [0.4, 0.5) is 13.2 Å². The molecule has 0 aliphatic carbocycles. The third kappa shape index (κ3) is 2.31. The highest BCUT2D eigenvalue weighted by Crippen LogP contribution is 2.40. The normalized spacial score (nSPS) is 16.3. The minimum absolute atomic E-state index is 0.128. The maximum atomic E-state index is 12.7. The lowest BCUT2D eigenvalue weighted by Crippen LogP contribution is -2.28. The molecule has 0 aromatic heterocycles. The van der Waals surface area contributed by atoms with E-state index in [4.69, 9.17) is 9.47 Å². The molecule has 2 rings (SSSR count). The number of fused-ring (bicyclic) bond motifs is 1. The van der Waals surface area contributed by atoms with Crippen LogP contribution >= 0.6 is 0 Å². The van der Waals surface area contributed by atoms with Crippen LogP contribution in [0.1, 0.15) is 11.1 Å². The first-order valence-electron chi connectivity index (χ1n) is 5.01. The molecule has 1 aromatic carbocycles. The van der Waals surface area contributed by atoms with E-state index in [1.165, 1.54) is 7.11 Å². The third-order valence-corrected chi connectivity index (χ3v) is 2.55. The van der Waals surface area contributed by atoms with E-state index in [-0.39, 0.29) is 5.75 Å². The Bertz CT molecular complexity index is 431. The SMILES string of the molecule is COc1cc(C(F)(F)F)cc2c1OCN(C)C2. The number of nitrogens with zero attached hydrogens (tertiary/aromatic N) is 1. The van der Waals surface area contributed by atoms with Crippen molar-refractivity contribution in [3.63, 3.8) is 0 Å². The Balaban J connectivity index is 2.51. The zero-order valence-electron chi connectivity index (χ0n) is 9.47. The molecule has 0 saturated carbocycles. The molecule has 3 nitrogen and oxygen atoms in total. The monoisotopic (exact) mass is 247 g/mol. The number of alkyl halides is 3. The molecule has 0 amide bonds. The Morgan fingerprint density at radius 3 is 2.65 bits per heavy atom. The van der Waals surface area contributed by atoms with Gasteiger partial charge in [-0.1, -0.05) is 0 Å². The van der Waals surface area contributed by atoms with E-state index in [9.17, 15) is 13.2 Å². The second kappa shape index (κ2) is 4.10. The number of rotatable bonds is 1. The summed E-state index contributed by atoms with van der Waals surface area (Å²) < 4.78 is 48.3. The molecule has 17 heavy (non-hydrogen) atoms.